The fraction of sp³-hybridized carbons (Fsp3) is 0.526. The molecule has 8 heteroatoms. The van der Waals surface area contributed by atoms with Crippen molar-refractivity contribution in [3.8, 4) is 0 Å². The van der Waals surface area contributed by atoms with Gasteiger partial charge < -0.3 is 14.7 Å². The Morgan fingerprint density at radius 1 is 0.889 bits per heavy atom. The number of halogens is 1. The van der Waals surface area contributed by atoms with Gasteiger partial charge in [-0.2, -0.15) is 0 Å². The van der Waals surface area contributed by atoms with Gasteiger partial charge in [-0.3, -0.25) is 4.79 Å². The number of amides is 1. The maximum Gasteiger partial charge on any atom is 0.264 e. The molecule has 27 heavy (non-hydrogen) atoms. The highest BCUT2D eigenvalue weighted by molar-refractivity contribution is 9.10. The fourth-order valence-electron chi connectivity index (χ4n) is 3.67. The molecule has 2 aromatic rings. The smallest absolute Gasteiger partial charge is 0.264 e. The van der Waals surface area contributed by atoms with Crippen LogP contribution in [0.25, 0.3) is 0 Å². The predicted molar refractivity (Wildman–Crippen MR) is 113 cm³/mol. The Bertz CT molecular complexity index is 765. The van der Waals surface area contributed by atoms with Crippen LogP contribution in [0.1, 0.15) is 35.4 Å². The SMILES string of the molecule is O=C(c1cc(Br)cs1)N1CCN(c2ccc(N3CCCCCC3)nn2)CC1. The van der Waals surface area contributed by atoms with E-state index in [1.807, 2.05) is 16.3 Å². The molecular formula is C19H24BrN5OS. The quantitative estimate of drug-likeness (QED) is 0.715. The van der Waals surface area contributed by atoms with Crippen molar-refractivity contribution >= 4 is 44.8 Å². The Hall–Kier alpha value is -1.67. The summed E-state index contributed by atoms with van der Waals surface area (Å²) in [6.45, 7) is 5.15. The van der Waals surface area contributed by atoms with E-state index in [1.54, 1.807) is 0 Å². The molecule has 4 rings (SSSR count). The van der Waals surface area contributed by atoms with Crippen LogP contribution in [0, 0.1) is 0 Å². The number of hydrogen-bond acceptors (Lipinski definition) is 6. The number of rotatable bonds is 3. The van der Waals surface area contributed by atoms with Crippen LogP contribution < -0.4 is 9.80 Å². The van der Waals surface area contributed by atoms with E-state index < -0.39 is 0 Å². The molecule has 1 amide bonds. The first-order valence-corrected chi connectivity index (χ1v) is 11.2. The Kier molecular flexibility index (Phi) is 5.92. The molecule has 0 saturated carbocycles. The van der Waals surface area contributed by atoms with Crippen molar-refractivity contribution in [3.05, 3.63) is 32.9 Å². The van der Waals surface area contributed by atoms with E-state index in [2.05, 4.69) is 48.1 Å². The molecular weight excluding hydrogens is 426 g/mol. The molecule has 2 aromatic heterocycles. The first-order chi connectivity index (χ1) is 13.2. The Balaban J connectivity index is 1.34. The first kappa shape index (κ1) is 18.7. The van der Waals surface area contributed by atoms with Crippen molar-refractivity contribution in [3.63, 3.8) is 0 Å². The molecule has 2 saturated heterocycles. The molecule has 2 fully saturated rings. The molecule has 144 valence electrons. The van der Waals surface area contributed by atoms with Crippen LogP contribution in [-0.2, 0) is 0 Å². The van der Waals surface area contributed by atoms with Gasteiger partial charge in [0.25, 0.3) is 5.91 Å². The van der Waals surface area contributed by atoms with Gasteiger partial charge in [0.2, 0.25) is 0 Å². The third-order valence-corrected chi connectivity index (χ3v) is 6.91. The summed E-state index contributed by atoms with van der Waals surface area (Å²) in [7, 11) is 0. The summed E-state index contributed by atoms with van der Waals surface area (Å²) >= 11 is 4.90. The van der Waals surface area contributed by atoms with Gasteiger partial charge in [0.15, 0.2) is 11.6 Å². The molecule has 0 N–H and O–H groups in total. The Morgan fingerprint density at radius 3 is 2.00 bits per heavy atom. The van der Waals surface area contributed by atoms with Crippen LogP contribution in [0.4, 0.5) is 11.6 Å². The molecule has 6 nitrogen and oxygen atoms in total. The minimum absolute atomic E-state index is 0.118. The average Bonchev–Trinajstić information content (AvgIpc) is 2.97. The van der Waals surface area contributed by atoms with Crippen molar-refractivity contribution in [2.45, 2.75) is 25.7 Å². The molecule has 0 unspecified atom stereocenters. The summed E-state index contributed by atoms with van der Waals surface area (Å²) in [5, 5.41) is 10.9. The average molecular weight is 450 g/mol. The third kappa shape index (κ3) is 4.43. The van der Waals surface area contributed by atoms with E-state index in [0.29, 0.717) is 13.1 Å². The largest absolute Gasteiger partial charge is 0.355 e. The normalized spacial score (nSPS) is 18.5. The number of thiophene rings is 1. The van der Waals surface area contributed by atoms with Crippen molar-refractivity contribution in [2.75, 3.05) is 49.1 Å². The summed E-state index contributed by atoms with van der Waals surface area (Å²) in [6, 6.07) is 6.06. The number of carbonyl (C=O) groups excluding carboxylic acids is 1. The van der Waals surface area contributed by atoms with Gasteiger partial charge in [-0.05, 0) is 47.0 Å². The van der Waals surface area contributed by atoms with Gasteiger partial charge in [-0.25, -0.2) is 0 Å². The molecule has 0 spiro atoms. The fourth-order valence-corrected chi connectivity index (χ4v) is 5.07. The monoisotopic (exact) mass is 449 g/mol. The molecule has 2 aliphatic heterocycles. The lowest BCUT2D eigenvalue weighted by atomic mass is 10.2. The Morgan fingerprint density at radius 2 is 1.48 bits per heavy atom. The molecule has 0 aromatic carbocycles. The number of carbonyl (C=O) groups is 1. The van der Waals surface area contributed by atoms with E-state index in [4.69, 9.17) is 0 Å². The lowest BCUT2D eigenvalue weighted by molar-refractivity contribution is 0.0751. The zero-order valence-electron chi connectivity index (χ0n) is 15.3. The number of nitrogens with zero attached hydrogens (tertiary/aromatic N) is 5. The topological polar surface area (TPSA) is 52.6 Å². The molecule has 0 radical (unpaired) electrons. The van der Waals surface area contributed by atoms with Crippen LogP contribution in [0.3, 0.4) is 0 Å². The van der Waals surface area contributed by atoms with E-state index in [1.165, 1.54) is 37.0 Å². The van der Waals surface area contributed by atoms with Gasteiger partial charge in [0.1, 0.15) is 0 Å². The maximum absolute atomic E-state index is 12.6. The molecule has 4 heterocycles. The molecule has 0 atom stereocenters. The van der Waals surface area contributed by atoms with E-state index in [-0.39, 0.29) is 5.91 Å². The van der Waals surface area contributed by atoms with E-state index in [0.717, 1.165) is 47.2 Å². The van der Waals surface area contributed by atoms with Crippen molar-refractivity contribution in [1.29, 1.82) is 0 Å². The highest BCUT2D eigenvalue weighted by Crippen LogP contribution is 2.23. The summed E-state index contributed by atoms with van der Waals surface area (Å²) < 4.78 is 0.967. The van der Waals surface area contributed by atoms with Gasteiger partial charge in [-0.15, -0.1) is 21.5 Å². The van der Waals surface area contributed by atoms with Crippen molar-refractivity contribution in [1.82, 2.24) is 15.1 Å². The lowest BCUT2D eigenvalue weighted by Gasteiger charge is -2.35. The molecule has 2 aliphatic rings. The predicted octanol–water partition coefficient (Wildman–Crippen LogP) is 3.64. The summed E-state index contributed by atoms with van der Waals surface area (Å²) in [6.07, 6.45) is 5.10. The van der Waals surface area contributed by atoms with Crippen molar-refractivity contribution < 1.29 is 4.79 Å². The third-order valence-electron chi connectivity index (χ3n) is 5.24. The van der Waals surface area contributed by atoms with Gasteiger partial charge in [0, 0.05) is 49.1 Å². The minimum atomic E-state index is 0.118. The maximum atomic E-state index is 12.6. The zero-order valence-corrected chi connectivity index (χ0v) is 17.7. The standard InChI is InChI=1S/C19H24BrN5OS/c20-15-13-16(27-14-15)19(26)25-11-9-24(10-12-25)18-6-5-17(21-22-18)23-7-3-1-2-4-8-23/h5-6,13-14H,1-4,7-12H2. The second-order valence-electron chi connectivity index (χ2n) is 7.06. The van der Waals surface area contributed by atoms with Gasteiger partial charge in [-0.1, -0.05) is 12.8 Å². The number of hydrogen-bond donors (Lipinski definition) is 0. The van der Waals surface area contributed by atoms with Crippen LogP contribution >= 0.6 is 27.3 Å². The van der Waals surface area contributed by atoms with E-state index >= 15 is 0 Å². The second-order valence-corrected chi connectivity index (χ2v) is 8.89. The number of aromatic nitrogens is 2. The van der Waals surface area contributed by atoms with E-state index in [9.17, 15) is 4.79 Å². The Labute approximate surface area is 172 Å². The number of anilines is 2. The zero-order chi connectivity index (χ0) is 18.6. The van der Waals surface area contributed by atoms with Crippen molar-refractivity contribution in [2.24, 2.45) is 0 Å². The second kappa shape index (κ2) is 8.56. The molecule has 0 bridgehead atoms. The van der Waals surface area contributed by atoms with Gasteiger partial charge in [0.05, 0.1) is 4.88 Å². The summed E-state index contributed by atoms with van der Waals surface area (Å²) in [5.41, 5.74) is 0. The van der Waals surface area contributed by atoms with Crippen LogP contribution in [0.15, 0.2) is 28.1 Å². The lowest BCUT2D eigenvalue weighted by Crippen LogP contribution is -2.49. The van der Waals surface area contributed by atoms with Gasteiger partial charge >= 0.3 is 0 Å². The number of piperazine rings is 1. The highest BCUT2D eigenvalue weighted by atomic mass is 79.9. The summed E-state index contributed by atoms with van der Waals surface area (Å²) in [5.74, 6) is 2.00. The summed E-state index contributed by atoms with van der Waals surface area (Å²) in [4.78, 5) is 19.8. The van der Waals surface area contributed by atoms with Crippen LogP contribution in [-0.4, -0.2) is 60.3 Å². The van der Waals surface area contributed by atoms with Crippen LogP contribution in [0.5, 0.6) is 0 Å². The first-order valence-electron chi connectivity index (χ1n) is 9.58. The highest BCUT2D eigenvalue weighted by Gasteiger charge is 2.24. The molecule has 0 aliphatic carbocycles. The minimum Gasteiger partial charge on any atom is -0.355 e. The van der Waals surface area contributed by atoms with Crippen LogP contribution in [0.2, 0.25) is 0 Å².